The van der Waals surface area contributed by atoms with Gasteiger partial charge in [-0.15, -0.1) is 0 Å². The summed E-state index contributed by atoms with van der Waals surface area (Å²) in [4.78, 5) is 10.8. The van der Waals surface area contributed by atoms with Gasteiger partial charge in [0.1, 0.15) is 5.78 Å². The van der Waals surface area contributed by atoms with Crippen LogP contribution in [0.25, 0.3) is 0 Å². The number of hydrogen-bond donors (Lipinski definition) is 0. The van der Waals surface area contributed by atoms with E-state index in [1.54, 1.807) is 6.92 Å². The number of carbonyl (C=O) groups is 1. The van der Waals surface area contributed by atoms with Crippen molar-refractivity contribution in [2.45, 2.75) is 33.6 Å². The predicted octanol–water partition coefficient (Wildman–Crippen LogP) is 2.57. The third-order valence-corrected chi connectivity index (χ3v) is 3.07. The van der Waals surface area contributed by atoms with Gasteiger partial charge >= 0.3 is 0 Å². The van der Waals surface area contributed by atoms with Crippen molar-refractivity contribution in [2.75, 3.05) is 0 Å². The van der Waals surface area contributed by atoms with Crippen LogP contribution in [0, 0.1) is 11.3 Å². The smallest absolute Gasteiger partial charge is 0.130 e. The fraction of sp³-hybridized carbons (Fsp3) is 0.700. The van der Waals surface area contributed by atoms with Crippen molar-refractivity contribution >= 4 is 5.78 Å². The predicted molar refractivity (Wildman–Crippen MR) is 46.3 cm³/mol. The first kappa shape index (κ1) is 8.51. The molecule has 0 heterocycles. The van der Waals surface area contributed by atoms with E-state index < -0.39 is 0 Å². The minimum Gasteiger partial charge on any atom is -0.300 e. The van der Waals surface area contributed by atoms with E-state index in [4.69, 9.17) is 0 Å². The molecule has 1 rings (SSSR count). The van der Waals surface area contributed by atoms with Crippen molar-refractivity contribution in [3.05, 3.63) is 12.2 Å². The van der Waals surface area contributed by atoms with Gasteiger partial charge in [-0.2, -0.15) is 0 Å². The number of ketones is 1. The highest BCUT2D eigenvalue weighted by Gasteiger charge is 2.52. The summed E-state index contributed by atoms with van der Waals surface area (Å²) in [5.41, 5.74) is 1.56. The summed E-state index contributed by atoms with van der Waals surface area (Å²) < 4.78 is 0. The average molecular weight is 152 g/mol. The van der Waals surface area contributed by atoms with Crippen molar-refractivity contribution in [3.8, 4) is 0 Å². The van der Waals surface area contributed by atoms with E-state index >= 15 is 0 Å². The molecular formula is C10H16O. The molecule has 2 unspecified atom stereocenters. The molecule has 0 bridgehead atoms. The van der Waals surface area contributed by atoms with E-state index in [2.05, 4.69) is 20.4 Å². The molecule has 0 aromatic heterocycles. The second-order valence-corrected chi connectivity index (χ2v) is 3.75. The Balaban J connectivity index is 2.54. The molecule has 1 nitrogen and oxygen atoms in total. The first-order chi connectivity index (χ1) is 5.02. The van der Waals surface area contributed by atoms with E-state index in [0.717, 1.165) is 6.42 Å². The molecule has 1 heteroatoms. The van der Waals surface area contributed by atoms with Gasteiger partial charge in [-0.25, -0.2) is 0 Å². The molecule has 11 heavy (non-hydrogen) atoms. The van der Waals surface area contributed by atoms with E-state index in [0.29, 0.717) is 12.3 Å². The minimum absolute atomic E-state index is 0.283. The Morgan fingerprint density at radius 2 is 2.27 bits per heavy atom. The van der Waals surface area contributed by atoms with Crippen LogP contribution in [0.15, 0.2) is 12.2 Å². The van der Waals surface area contributed by atoms with Gasteiger partial charge in [0.2, 0.25) is 0 Å². The Hall–Kier alpha value is -0.590. The number of hydrogen-bond acceptors (Lipinski definition) is 1. The van der Waals surface area contributed by atoms with Crippen LogP contribution in [0.1, 0.15) is 33.6 Å². The minimum atomic E-state index is 0.283. The topological polar surface area (TPSA) is 17.1 Å². The highest BCUT2D eigenvalue weighted by Crippen LogP contribution is 2.60. The molecule has 1 aliphatic carbocycles. The summed E-state index contributed by atoms with van der Waals surface area (Å²) in [6.07, 6.45) is 1.81. The molecule has 0 aromatic carbocycles. The Kier molecular flexibility index (Phi) is 1.91. The summed E-state index contributed by atoms with van der Waals surface area (Å²) >= 11 is 0. The zero-order chi connectivity index (χ0) is 8.65. The summed E-state index contributed by atoms with van der Waals surface area (Å²) in [6.45, 7) is 9.98. The largest absolute Gasteiger partial charge is 0.300 e. The normalized spacial score (nSPS) is 35.5. The SMILES string of the molecule is C=C1C(CC(C)=O)C1(C)CC. The van der Waals surface area contributed by atoms with Crippen LogP contribution >= 0.6 is 0 Å². The Morgan fingerprint density at radius 3 is 2.55 bits per heavy atom. The van der Waals surface area contributed by atoms with Crippen LogP contribution in [-0.4, -0.2) is 5.78 Å². The molecular weight excluding hydrogens is 136 g/mol. The number of allylic oxidation sites excluding steroid dienone is 1. The molecule has 0 aliphatic heterocycles. The lowest BCUT2D eigenvalue weighted by atomic mass is 10.0. The van der Waals surface area contributed by atoms with Crippen LogP contribution in [0.2, 0.25) is 0 Å². The van der Waals surface area contributed by atoms with Crippen molar-refractivity contribution in [3.63, 3.8) is 0 Å². The fourth-order valence-electron chi connectivity index (χ4n) is 1.76. The van der Waals surface area contributed by atoms with Gasteiger partial charge in [0.05, 0.1) is 0 Å². The van der Waals surface area contributed by atoms with Gasteiger partial charge in [-0.3, -0.25) is 0 Å². The molecule has 62 valence electrons. The lowest BCUT2D eigenvalue weighted by molar-refractivity contribution is -0.117. The van der Waals surface area contributed by atoms with E-state index in [1.807, 2.05) is 0 Å². The Bertz CT molecular complexity index is 205. The molecule has 0 aromatic rings. The summed E-state index contributed by atoms with van der Waals surface area (Å²) in [6, 6.07) is 0. The lowest BCUT2D eigenvalue weighted by Crippen LogP contribution is -1.99. The average Bonchev–Trinajstić information content (AvgIpc) is 2.41. The lowest BCUT2D eigenvalue weighted by Gasteiger charge is -2.03. The molecule has 1 fully saturated rings. The molecule has 0 radical (unpaired) electrons. The monoisotopic (exact) mass is 152 g/mol. The van der Waals surface area contributed by atoms with E-state index in [1.165, 1.54) is 5.57 Å². The highest BCUT2D eigenvalue weighted by atomic mass is 16.1. The van der Waals surface area contributed by atoms with Crippen molar-refractivity contribution in [1.29, 1.82) is 0 Å². The third-order valence-electron chi connectivity index (χ3n) is 3.07. The second kappa shape index (κ2) is 2.47. The number of Topliss-reactive ketones (excluding diaryl/α,β-unsaturated/α-hetero) is 1. The standard InChI is InChI=1S/C10H16O/c1-5-10(4)8(3)9(10)6-7(2)11/h9H,3,5-6H2,1-2,4H3. The van der Waals surface area contributed by atoms with Gasteiger partial charge in [-0.1, -0.05) is 26.0 Å². The molecule has 1 saturated carbocycles. The van der Waals surface area contributed by atoms with Crippen molar-refractivity contribution in [1.82, 2.24) is 0 Å². The zero-order valence-corrected chi connectivity index (χ0v) is 7.61. The molecule has 0 spiro atoms. The summed E-state index contributed by atoms with van der Waals surface area (Å²) in [7, 11) is 0. The van der Waals surface area contributed by atoms with Crippen molar-refractivity contribution in [2.24, 2.45) is 11.3 Å². The van der Waals surface area contributed by atoms with Crippen LogP contribution in [0.4, 0.5) is 0 Å². The molecule has 2 atom stereocenters. The Labute approximate surface area is 68.5 Å². The Morgan fingerprint density at radius 1 is 1.73 bits per heavy atom. The summed E-state index contributed by atoms with van der Waals surface area (Å²) in [5, 5.41) is 0. The van der Waals surface area contributed by atoms with Gasteiger partial charge in [0.25, 0.3) is 0 Å². The van der Waals surface area contributed by atoms with Crippen LogP contribution in [-0.2, 0) is 4.79 Å². The molecule has 0 N–H and O–H groups in total. The van der Waals surface area contributed by atoms with E-state index in [9.17, 15) is 4.79 Å². The maximum atomic E-state index is 10.8. The quantitative estimate of drug-likeness (QED) is 0.568. The maximum absolute atomic E-state index is 10.8. The first-order valence-electron chi connectivity index (χ1n) is 4.21. The summed E-state index contributed by atoms with van der Waals surface area (Å²) in [5.74, 6) is 0.762. The second-order valence-electron chi connectivity index (χ2n) is 3.75. The van der Waals surface area contributed by atoms with Gasteiger partial charge < -0.3 is 4.79 Å². The molecule has 0 amide bonds. The van der Waals surface area contributed by atoms with Crippen LogP contribution < -0.4 is 0 Å². The number of rotatable bonds is 3. The first-order valence-corrected chi connectivity index (χ1v) is 4.21. The molecule has 1 aliphatic rings. The van der Waals surface area contributed by atoms with Gasteiger partial charge in [0.15, 0.2) is 0 Å². The van der Waals surface area contributed by atoms with Crippen LogP contribution in [0.5, 0.6) is 0 Å². The zero-order valence-electron chi connectivity index (χ0n) is 7.61. The fourth-order valence-corrected chi connectivity index (χ4v) is 1.76. The van der Waals surface area contributed by atoms with Gasteiger partial charge in [0, 0.05) is 6.42 Å². The third kappa shape index (κ3) is 1.24. The number of carbonyl (C=O) groups excluding carboxylic acids is 1. The maximum Gasteiger partial charge on any atom is 0.130 e. The van der Waals surface area contributed by atoms with E-state index in [-0.39, 0.29) is 11.2 Å². The van der Waals surface area contributed by atoms with Crippen LogP contribution in [0.3, 0.4) is 0 Å². The van der Waals surface area contributed by atoms with Gasteiger partial charge in [-0.05, 0) is 24.7 Å². The highest BCUT2D eigenvalue weighted by molar-refractivity contribution is 5.77. The molecule has 0 saturated heterocycles. The van der Waals surface area contributed by atoms with Crippen molar-refractivity contribution < 1.29 is 4.79 Å².